The number of nitrogens with one attached hydrogen (secondary N) is 1. The molecule has 168 valence electrons. The summed E-state index contributed by atoms with van der Waals surface area (Å²) in [6.07, 6.45) is 4.84. The van der Waals surface area contributed by atoms with Crippen LogP contribution in [0.4, 0.5) is 16.3 Å². The van der Waals surface area contributed by atoms with Gasteiger partial charge < -0.3 is 16.0 Å². The van der Waals surface area contributed by atoms with Crippen molar-refractivity contribution in [1.82, 2.24) is 15.2 Å². The number of imide groups is 1. The van der Waals surface area contributed by atoms with Crippen molar-refractivity contribution in [2.45, 2.75) is 44.7 Å². The zero-order valence-electron chi connectivity index (χ0n) is 18.4. The first kappa shape index (κ1) is 21.8. The van der Waals surface area contributed by atoms with E-state index >= 15 is 0 Å². The Bertz CT molecular complexity index is 1010. The van der Waals surface area contributed by atoms with Crippen LogP contribution in [0.5, 0.6) is 0 Å². The molecule has 2 aliphatic rings. The van der Waals surface area contributed by atoms with Crippen LogP contribution in [0.15, 0.2) is 48.7 Å². The van der Waals surface area contributed by atoms with Crippen molar-refractivity contribution < 1.29 is 14.4 Å². The molecule has 0 spiro atoms. The molecule has 2 aromatic rings. The van der Waals surface area contributed by atoms with Crippen molar-refractivity contribution in [3.05, 3.63) is 54.2 Å². The van der Waals surface area contributed by atoms with Crippen LogP contribution in [-0.4, -0.2) is 46.9 Å². The fourth-order valence-corrected chi connectivity index (χ4v) is 4.39. The minimum absolute atomic E-state index is 0.0250. The number of likely N-dealkylation sites (N-methyl/N-ethyl adjacent to an activating group) is 1. The first-order valence-electron chi connectivity index (χ1n) is 11.1. The summed E-state index contributed by atoms with van der Waals surface area (Å²) in [4.78, 5) is 46.2. The van der Waals surface area contributed by atoms with Crippen LogP contribution in [-0.2, 0) is 16.0 Å². The second-order valence-corrected chi connectivity index (χ2v) is 8.59. The molecule has 3 N–H and O–H groups in total. The van der Waals surface area contributed by atoms with E-state index < -0.39 is 18.0 Å². The zero-order chi connectivity index (χ0) is 22.8. The molecule has 2 fully saturated rings. The highest BCUT2D eigenvalue weighted by Crippen LogP contribution is 2.36. The van der Waals surface area contributed by atoms with Crippen molar-refractivity contribution in [2.75, 3.05) is 17.7 Å². The molecule has 32 heavy (non-hydrogen) atoms. The number of likely N-dealkylation sites (tertiary alicyclic amines) is 1. The molecule has 1 aliphatic heterocycles. The highest BCUT2D eigenvalue weighted by molar-refractivity contribution is 6.12. The van der Waals surface area contributed by atoms with Gasteiger partial charge in [0, 0.05) is 25.0 Å². The second kappa shape index (κ2) is 8.98. The number of benzene rings is 1. The SMILES string of the molecule is CCC(NC(=O)N1C(=O)[C@H](Cc2ccnc(N)c2)[C@H]1C(=O)N(C)c1ccccc1)C1CC1. The summed E-state index contributed by atoms with van der Waals surface area (Å²) in [6, 6.07) is 11.3. The maximum Gasteiger partial charge on any atom is 0.325 e. The Hall–Kier alpha value is -3.42. The van der Waals surface area contributed by atoms with Gasteiger partial charge in [0.25, 0.3) is 5.91 Å². The number of urea groups is 1. The maximum absolute atomic E-state index is 13.5. The minimum atomic E-state index is -0.876. The van der Waals surface area contributed by atoms with E-state index in [2.05, 4.69) is 10.3 Å². The standard InChI is InChI=1S/C24H29N5O3/c1-3-19(16-9-10-16)27-24(32)29-21(23(31)28(2)17-7-5-4-6-8-17)18(22(29)30)13-15-11-12-26-20(25)14-15/h4-8,11-12,14,16,18-19,21H,3,9-10,13H2,1-2H3,(H2,25,26)(H,27,32)/t18-,19?,21+/m1/s1. The lowest BCUT2D eigenvalue weighted by molar-refractivity contribution is -0.156. The van der Waals surface area contributed by atoms with E-state index in [4.69, 9.17) is 5.73 Å². The van der Waals surface area contributed by atoms with Crippen LogP contribution < -0.4 is 16.0 Å². The van der Waals surface area contributed by atoms with Crippen molar-refractivity contribution >= 4 is 29.4 Å². The molecule has 1 unspecified atom stereocenters. The van der Waals surface area contributed by atoms with E-state index in [0.717, 1.165) is 29.7 Å². The molecule has 8 heteroatoms. The van der Waals surface area contributed by atoms with Gasteiger partial charge in [0.15, 0.2) is 0 Å². The number of pyridine rings is 1. The lowest BCUT2D eigenvalue weighted by Crippen LogP contribution is -2.71. The monoisotopic (exact) mass is 435 g/mol. The molecule has 0 bridgehead atoms. The highest BCUT2D eigenvalue weighted by atomic mass is 16.2. The van der Waals surface area contributed by atoms with Gasteiger partial charge in [0.2, 0.25) is 5.91 Å². The fourth-order valence-electron chi connectivity index (χ4n) is 4.39. The molecular weight excluding hydrogens is 406 g/mol. The molecule has 2 heterocycles. The van der Waals surface area contributed by atoms with Gasteiger partial charge in [0.05, 0.1) is 5.92 Å². The number of nitrogen functional groups attached to an aromatic ring is 1. The maximum atomic E-state index is 13.5. The molecule has 3 atom stereocenters. The van der Waals surface area contributed by atoms with Gasteiger partial charge in [-0.05, 0) is 61.4 Å². The Morgan fingerprint density at radius 1 is 1.25 bits per heavy atom. The molecule has 4 rings (SSSR count). The Kier molecular flexibility index (Phi) is 6.12. The molecule has 0 radical (unpaired) electrons. The average molecular weight is 436 g/mol. The third-order valence-corrected chi connectivity index (χ3v) is 6.40. The van der Waals surface area contributed by atoms with Crippen LogP contribution >= 0.6 is 0 Å². The van der Waals surface area contributed by atoms with Gasteiger partial charge >= 0.3 is 6.03 Å². The summed E-state index contributed by atoms with van der Waals surface area (Å²) in [5, 5.41) is 2.98. The zero-order valence-corrected chi connectivity index (χ0v) is 18.4. The van der Waals surface area contributed by atoms with Crippen LogP contribution in [0.3, 0.4) is 0 Å². The van der Waals surface area contributed by atoms with Crippen LogP contribution in [0.25, 0.3) is 0 Å². The fraction of sp³-hybridized carbons (Fsp3) is 0.417. The van der Waals surface area contributed by atoms with Gasteiger partial charge in [-0.15, -0.1) is 0 Å². The summed E-state index contributed by atoms with van der Waals surface area (Å²) >= 11 is 0. The highest BCUT2D eigenvalue weighted by Gasteiger charge is 2.55. The van der Waals surface area contributed by atoms with E-state index in [1.807, 2.05) is 37.3 Å². The van der Waals surface area contributed by atoms with Gasteiger partial charge in [0.1, 0.15) is 11.9 Å². The number of nitrogens with two attached hydrogens (primary N) is 1. The number of nitrogens with zero attached hydrogens (tertiary/aromatic N) is 3. The molecule has 1 aromatic heterocycles. The van der Waals surface area contributed by atoms with Crippen molar-refractivity contribution in [3.8, 4) is 0 Å². The van der Waals surface area contributed by atoms with E-state index in [0.29, 0.717) is 23.8 Å². The second-order valence-electron chi connectivity index (χ2n) is 8.59. The number of amides is 4. The summed E-state index contributed by atoms with van der Waals surface area (Å²) in [5.41, 5.74) is 7.29. The lowest BCUT2D eigenvalue weighted by Gasteiger charge is -2.46. The Balaban J connectivity index is 1.57. The molecule has 1 aromatic carbocycles. The van der Waals surface area contributed by atoms with E-state index in [-0.39, 0.29) is 17.9 Å². The number of hydrogen-bond acceptors (Lipinski definition) is 5. The lowest BCUT2D eigenvalue weighted by atomic mass is 9.81. The van der Waals surface area contributed by atoms with Gasteiger partial charge in [-0.3, -0.25) is 14.5 Å². The van der Waals surface area contributed by atoms with Crippen LogP contribution in [0.2, 0.25) is 0 Å². The van der Waals surface area contributed by atoms with Crippen molar-refractivity contribution in [2.24, 2.45) is 11.8 Å². The smallest absolute Gasteiger partial charge is 0.325 e. The molecule has 1 saturated heterocycles. The minimum Gasteiger partial charge on any atom is -0.384 e. The number of rotatable bonds is 7. The first-order valence-corrected chi connectivity index (χ1v) is 11.1. The topological polar surface area (TPSA) is 109 Å². The Morgan fingerprint density at radius 3 is 2.59 bits per heavy atom. The normalized spacial score (nSPS) is 20.9. The summed E-state index contributed by atoms with van der Waals surface area (Å²) < 4.78 is 0. The number of carbonyl (C=O) groups is 3. The number of hydrogen-bond donors (Lipinski definition) is 2. The third kappa shape index (κ3) is 4.30. The molecular formula is C24H29N5O3. The number of β-lactam (4-membered cyclic amide) rings is 1. The summed E-state index contributed by atoms with van der Waals surface area (Å²) in [6.45, 7) is 2.02. The van der Waals surface area contributed by atoms with Crippen LogP contribution in [0, 0.1) is 11.8 Å². The number of carbonyl (C=O) groups excluding carboxylic acids is 3. The van der Waals surface area contributed by atoms with Crippen LogP contribution in [0.1, 0.15) is 31.7 Å². The van der Waals surface area contributed by atoms with Gasteiger partial charge in [-0.2, -0.15) is 0 Å². The molecule has 4 amide bonds. The number of para-hydroxylation sites is 1. The van der Waals surface area contributed by atoms with E-state index in [1.165, 1.54) is 4.90 Å². The molecule has 1 aliphatic carbocycles. The number of anilines is 2. The van der Waals surface area contributed by atoms with Crippen molar-refractivity contribution in [3.63, 3.8) is 0 Å². The summed E-state index contributed by atoms with van der Waals surface area (Å²) in [5.74, 6) is -0.469. The first-order chi connectivity index (χ1) is 15.4. The van der Waals surface area contributed by atoms with Crippen molar-refractivity contribution in [1.29, 1.82) is 0 Å². The quantitative estimate of drug-likeness (QED) is 0.650. The van der Waals surface area contributed by atoms with E-state index in [9.17, 15) is 14.4 Å². The predicted molar refractivity (Wildman–Crippen MR) is 122 cm³/mol. The molecule has 1 saturated carbocycles. The Labute approximate surface area is 187 Å². The third-order valence-electron chi connectivity index (χ3n) is 6.40. The largest absolute Gasteiger partial charge is 0.384 e. The summed E-state index contributed by atoms with van der Waals surface area (Å²) in [7, 11) is 1.66. The van der Waals surface area contributed by atoms with Gasteiger partial charge in [-0.1, -0.05) is 25.1 Å². The Morgan fingerprint density at radius 2 is 1.97 bits per heavy atom. The number of aromatic nitrogens is 1. The predicted octanol–water partition coefficient (Wildman–Crippen LogP) is 2.59. The van der Waals surface area contributed by atoms with E-state index in [1.54, 1.807) is 25.4 Å². The molecule has 8 nitrogen and oxygen atoms in total. The average Bonchev–Trinajstić information content (AvgIpc) is 3.64. The van der Waals surface area contributed by atoms with Gasteiger partial charge in [-0.25, -0.2) is 9.78 Å².